The number of benzene rings is 2. The van der Waals surface area contributed by atoms with Gasteiger partial charge in [0, 0.05) is 0 Å². The van der Waals surface area contributed by atoms with Crippen molar-refractivity contribution in [3.05, 3.63) is 60.2 Å². The SMILES string of the molecule is Cc1cccc(-c2cc[c]cc2)c1.OS. The summed E-state index contributed by atoms with van der Waals surface area (Å²) in [6.07, 6.45) is 0. The Bertz CT molecular complexity index is 398. The van der Waals surface area contributed by atoms with Crippen molar-refractivity contribution >= 4 is 12.9 Å². The monoisotopic (exact) mass is 217 g/mol. The first-order valence-electron chi connectivity index (χ1n) is 4.59. The summed E-state index contributed by atoms with van der Waals surface area (Å²) in [6, 6.07) is 19.6. The second-order valence-electron chi connectivity index (χ2n) is 3.16. The molecule has 2 heteroatoms. The molecular weight excluding hydrogens is 204 g/mol. The number of rotatable bonds is 1. The van der Waals surface area contributed by atoms with Crippen LogP contribution in [0.5, 0.6) is 0 Å². The van der Waals surface area contributed by atoms with Gasteiger partial charge >= 0.3 is 0 Å². The molecule has 0 heterocycles. The standard InChI is InChI=1S/C13H11.H2OS/c1-11-6-5-9-13(10-11)12-7-3-2-4-8-12;1-2/h3-10H,1H3;1-2H. The maximum absolute atomic E-state index is 6.69. The lowest BCUT2D eigenvalue weighted by atomic mass is 10.0. The van der Waals surface area contributed by atoms with E-state index in [1.807, 2.05) is 12.1 Å². The van der Waals surface area contributed by atoms with E-state index in [9.17, 15) is 0 Å². The highest BCUT2D eigenvalue weighted by molar-refractivity contribution is 7.74. The minimum atomic E-state index is 1.25. The van der Waals surface area contributed by atoms with Crippen LogP contribution in [0.4, 0.5) is 0 Å². The number of thiol groups is 1. The summed E-state index contributed by atoms with van der Waals surface area (Å²) in [5.41, 5.74) is 3.82. The molecule has 1 radical (unpaired) electrons. The molecule has 0 bridgehead atoms. The lowest BCUT2D eigenvalue weighted by Gasteiger charge is -2.01. The predicted octanol–water partition coefficient (Wildman–Crippen LogP) is 3.85. The van der Waals surface area contributed by atoms with Crippen molar-refractivity contribution in [2.24, 2.45) is 0 Å². The van der Waals surface area contributed by atoms with E-state index in [1.165, 1.54) is 16.7 Å². The van der Waals surface area contributed by atoms with E-state index in [0.29, 0.717) is 0 Å². The second kappa shape index (κ2) is 6.27. The summed E-state index contributed by atoms with van der Waals surface area (Å²) in [5.74, 6) is 0. The molecule has 0 aromatic heterocycles. The molecule has 2 aromatic carbocycles. The van der Waals surface area contributed by atoms with Crippen molar-refractivity contribution in [1.82, 2.24) is 0 Å². The van der Waals surface area contributed by atoms with Gasteiger partial charge in [-0.2, -0.15) is 0 Å². The van der Waals surface area contributed by atoms with Crippen molar-refractivity contribution in [3.8, 4) is 11.1 Å². The Labute approximate surface area is 96.0 Å². The molecule has 2 aromatic rings. The molecule has 0 aliphatic heterocycles. The van der Waals surface area contributed by atoms with E-state index in [2.05, 4.69) is 62.3 Å². The van der Waals surface area contributed by atoms with Gasteiger partial charge in [-0.05, 0) is 37.0 Å². The predicted molar refractivity (Wildman–Crippen MR) is 67.1 cm³/mol. The van der Waals surface area contributed by atoms with Gasteiger partial charge in [0.15, 0.2) is 0 Å². The van der Waals surface area contributed by atoms with E-state index in [4.69, 9.17) is 4.55 Å². The molecule has 0 spiro atoms. The van der Waals surface area contributed by atoms with Crippen LogP contribution in [0.1, 0.15) is 5.56 Å². The fourth-order valence-corrected chi connectivity index (χ4v) is 1.40. The second-order valence-corrected chi connectivity index (χ2v) is 3.16. The average Bonchev–Trinajstić information content (AvgIpc) is 2.33. The Morgan fingerprint density at radius 2 is 1.67 bits per heavy atom. The smallest absolute Gasteiger partial charge is 0.0181 e. The van der Waals surface area contributed by atoms with Crippen molar-refractivity contribution in [2.75, 3.05) is 0 Å². The summed E-state index contributed by atoms with van der Waals surface area (Å²) in [5, 5.41) is 0. The molecule has 0 saturated carbocycles. The average molecular weight is 217 g/mol. The molecule has 77 valence electrons. The van der Waals surface area contributed by atoms with Gasteiger partial charge in [-0.25, -0.2) is 0 Å². The van der Waals surface area contributed by atoms with Crippen LogP contribution >= 0.6 is 12.9 Å². The van der Waals surface area contributed by atoms with Crippen LogP contribution in [0.25, 0.3) is 11.1 Å². The number of aryl methyl sites for hydroxylation is 1. The molecule has 0 amide bonds. The first kappa shape index (κ1) is 11.8. The van der Waals surface area contributed by atoms with Crippen LogP contribution in [0.2, 0.25) is 0 Å². The molecule has 0 atom stereocenters. The summed E-state index contributed by atoms with van der Waals surface area (Å²) >= 11 is 2.53. The van der Waals surface area contributed by atoms with E-state index < -0.39 is 0 Å². The lowest BCUT2D eigenvalue weighted by molar-refractivity contribution is 0.679. The quantitative estimate of drug-likeness (QED) is 0.549. The Kier molecular flexibility index (Phi) is 4.95. The van der Waals surface area contributed by atoms with Crippen molar-refractivity contribution < 1.29 is 4.55 Å². The van der Waals surface area contributed by atoms with Gasteiger partial charge in [0.05, 0.1) is 0 Å². The van der Waals surface area contributed by atoms with Crippen molar-refractivity contribution in [2.45, 2.75) is 6.92 Å². The Balaban J connectivity index is 0.000000531. The molecule has 15 heavy (non-hydrogen) atoms. The van der Waals surface area contributed by atoms with Crippen LogP contribution in [0.15, 0.2) is 48.5 Å². The van der Waals surface area contributed by atoms with Gasteiger partial charge in [-0.1, -0.05) is 54.1 Å². The maximum Gasteiger partial charge on any atom is -0.0181 e. The maximum atomic E-state index is 6.69. The third-order valence-electron chi connectivity index (χ3n) is 2.07. The van der Waals surface area contributed by atoms with Gasteiger partial charge in [0.2, 0.25) is 0 Å². The first-order chi connectivity index (χ1) is 7.36. The highest BCUT2D eigenvalue weighted by Crippen LogP contribution is 2.19. The van der Waals surface area contributed by atoms with Crippen LogP contribution in [0.3, 0.4) is 0 Å². The molecule has 0 aliphatic carbocycles. The van der Waals surface area contributed by atoms with Gasteiger partial charge in [-0.3, -0.25) is 0 Å². The summed E-state index contributed by atoms with van der Waals surface area (Å²) in [7, 11) is 0. The fourth-order valence-electron chi connectivity index (χ4n) is 1.40. The third kappa shape index (κ3) is 3.42. The molecule has 0 fully saturated rings. The third-order valence-corrected chi connectivity index (χ3v) is 2.07. The van der Waals surface area contributed by atoms with E-state index >= 15 is 0 Å². The minimum Gasteiger partial charge on any atom is -0.333 e. The largest absolute Gasteiger partial charge is 0.333 e. The van der Waals surface area contributed by atoms with Crippen molar-refractivity contribution in [1.29, 1.82) is 0 Å². The summed E-state index contributed by atoms with van der Waals surface area (Å²) in [4.78, 5) is 0. The highest BCUT2D eigenvalue weighted by atomic mass is 32.1. The van der Waals surface area contributed by atoms with Crippen LogP contribution in [-0.2, 0) is 0 Å². The van der Waals surface area contributed by atoms with Gasteiger partial charge in [0.25, 0.3) is 0 Å². The molecular formula is C13H13OS. The van der Waals surface area contributed by atoms with E-state index in [0.717, 1.165) is 0 Å². The minimum absolute atomic E-state index is 1.25. The first-order valence-corrected chi connectivity index (χ1v) is 4.99. The Hall–Kier alpha value is -1.25. The Morgan fingerprint density at radius 3 is 2.27 bits per heavy atom. The zero-order valence-corrected chi connectivity index (χ0v) is 9.41. The highest BCUT2D eigenvalue weighted by Gasteiger charge is 1.94. The molecule has 0 saturated heterocycles. The van der Waals surface area contributed by atoms with Gasteiger partial charge in [-0.15, -0.1) is 0 Å². The Morgan fingerprint density at radius 1 is 1.00 bits per heavy atom. The van der Waals surface area contributed by atoms with E-state index in [1.54, 1.807) is 0 Å². The molecule has 0 unspecified atom stereocenters. The fraction of sp³-hybridized carbons (Fsp3) is 0.0769. The normalized spacial score (nSPS) is 9.00. The van der Waals surface area contributed by atoms with Crippen LogP contribution < -0.4 is 0 Å². The summed E-state index contributed by atoms with van der Waals surface area (Å²) < 4.78 is 6.69. The topological polar surface area (TPSA) is 20.2 Å². The summed E-state index contributed by atoms with van der Waals surface area (Å²) in [6.45, 7) is 2.11. The van der Waals surface area contributed by atoms with Gasteiger partial charge in [0.1, 0.15) is 0 Å². The van der Waals surface area contributed by atoms with E-state index in [-0.39, 0.29) is 0 Å². The molecule has 1 nitrogen and oxygen atoms in total. The van der Waals surface area contributed by atoms with Crippen LogP contribution in [-0.4, -0.2) is 4.55 Å². The molecule has 2 rings (SSSR count). The molecule has 1 N–H and O–H groups in total. The number of hydrogen-bond acceptors (Lipinski definition) is 2. The van der Waals surface area contributed by atoms with Gasteiger partial charge < -0.3 is 4.55 Å². The lowest BCUT2D eigenvalue weighted by Crippen LogP contribution is -1.77. The molecule has 0 aliphatic rings. The van der Waals surface area contributed by atoms with Crippen LogP contribution in [0, 0.1) is 13.0 Å². The zero-order chi connectivity index (χ0) is 11.1. The van der Waals surface area contributed by atoms with Crippen molar-refractivity contribution in [3.63, 3.8) is 0 Å². The zero-order valence-electron chi connectivity index (χ0n) is 8.51. The number of hydrogen-bond donors (Lipinski definition) is 2.